The van der Waals surface area contributed by atoms with Gasteiger partial charge in [-0.1, -0.05) is 35.9 Å². The molecule has 2 aromatic carbocycles. The van der Waals surface area contributed by atoms with E-state index in [-0.39, 0.29) is 12.4 Å². The summed E-state index contributed by atoms with van der Waals surface area (Å²) in [5.41, 5.74) is 3.80. The second-order valence-corrected chi connectivity index (χ2v) is 8.09. The summed E-state index contributed by atoms with van der Waals surface area (Å²) in [5.74, 6) is 0.282. The molecule has 0 aliphatic carbocycles. The highest BCUT2D eigenvalue weighted by Gasteiger charge is 2.12. The van der Waals surface area contributed by atoms with Gasteiger partial charge < -0.3 is 4.74 Å². The Bertz CT molecular complexity index is 1230. The van der Waals surface area contributed by atoms with Gasteiger partial charge >= 0.3 is 0 Å². The van der Waals surface area contributed by atoms with Crippen LogP contribution in [0.4, 0.5) is 4.39 Å². The van der Waals surface area contributed by atoms with E-state index in [9.17, 15) is 9.18 Å². The Hall–Kier alpha value is -3.57. The highest BCUT2D eigenvalue weighted by Crippen LogP contribution is 2.29. The van der Waals surface area contributed by atoms with E-state index in [1.165, 1.54) is 6.20 Å². The Morgan fingerprint density at radius 3 is 2.52 bits per heavy atom. The number of hydrogen-bond donors (Lipinski definition) is 0. The Morgan fingerprint density at radius 1 is 0.939 bits per heavy atom. The van der Waals surface area contributed by atoms with Gasteiger partial charge in [-0.2, -0.15) is 4.39 Å². The van der Waals surface area contributed by atoms with Crippen LogP contribution in [0.5, 0.6) is 5.75 Å². The van der Waals surface area contributed by atoms with E-state index in [0.717, 1.165) is 16.7 Å². The molecule has 2 aromatic heterocycles. The summed E-state index contributed by atoms with van der Waals surface area (Å²) in [4.78, 5) is 20.1. The van der Waals surface area contributed by atoms with Gasteiger partial charge in [0.05, 0.1) is 0 Å². The summed E-state index contributed by atoms with van der Waals surface area (Å²) < 4.78 is 20.1. The molecule has 0 fully saturated rings. The molecular formula is C27H22ClFN2O2. The number of benzene rings is 2. The minimum atomic E-state index is -0.557. The first-order valence-electron chi connectivity index (χ1n) is 10.6. The summed E-state index contributed by atoms with van der Waals surface area (Å²) in [5, 5.41) is 0.509. The number of hydrogen-bond acceptors (Lipinski definition) is 4. The van der Waals surface area contributed by atoms with Crippen LogP contribution < -0.4 is 4.74 Å². The lowest BCUT2D eigenvalue weighted by molar-refractivity contribution is -0.118. The van der Waals surface area contributed by atoms with Crippen LogP contribution in [-0.2, 0) is 24.2 Å². The number of Topliss-reactive ketones (excluding diaryl/α,β-unsaturated/α-hetero) is 1. The standard InChI is InChI=1S/C27H22ClFN2O2/c28-22-9-8-21(26(16-22)25-4-2-14-31-27(25)29)18-33-24-11-6-19(7-12-24)15-23(32)10-5-20-3-1-13-30-17-20/h1-4,6-9,11-14,16-17H,5,10,15,18H2. The summed E-state index contributed by atoms with van der Waals surface area (Å²) in [7, 11) is 0. The Kier molecular flexibility index (Phi) is 7.43. The molecule has 0 saturated heterocycles. The largest absolute Gasteiger partial charge is 0.489 e. The van der Waals surface area contributed by atoms with Crippen LogP contribution in [0.15, 0.2) is 85.3 Å². The average molecular weight is 461 g/mol. The Balaban J connectivity index is 1.36. The zero-order chi connectivity index (χ0) is 23.0. The van der Waals surface area contributed by atoms with Crippen molar-refractivity contribution in [3.8, 4) is 16.9 Å². The third kappa shape index (κ3) is 6.24. The number of rotatable bonds is 9. The number of aryl methyl sites for hydroxylation is 1. The molecule has 0 aliphatic heterocycles. The van der Waals surface area contributed by atoms with E-state index in [4.69, 9.17) is 16.3 Å². The summed E-state index contributed by atoms with van der Waals surface area (Å²) >= 11 is 6.14. The number of aromatic nitrogens is 2. The molecule has 4 aromatic rings. The van der Waals surface area contributed by atoms with Gasteiger partial charge in [0.15, 0.2) is 0 Å². The van der Waals surface area contributed by atoms with Crippen molar-refractivity contribution in [1.29, 1.82) is 0 Å². The van der Waals surface area contributed by atoms with Crippen LogP contribution in [0, 0.1) is 5.95 Å². The van der Waals surface area contributed by atoms with E-state index in [0.29, 0.717) is 41.2 Å². The van der Waals surface area contributed by atoms with Crippen molar-refractivity contribution < 1.29 is 13.9 Å². The minimum absolute atomic E-state index is 0.178. The van der Waals surface area contributed by atoms with Crippen LogP contribution in [0.2, 0.25) is 5.02 Å². The van der Waals surface area contributed by atoms with Crippen LogP contribution in [0.1, 0.15) is 23.1 Å². The van der Waals surface area contributed by atoms with Gasteiger partial charge in [-0.05, 0) is 71.1 Å². The number of carbonyl (C=O) groups excluding carboxylic acids is 1. The monoisotopic (exact) mass is 460 g/mol. The van der Waals surface area contributed by atoms with Crippen molar-refractivity contribution in [3.05, 3.63) is 113 Å². The molecule has 4 nitrogen and oxygen atoms in total. The Morgan fingerprint density at radius 2 is 1.76 bits per heavy atom. The smallest absolute Gasteiger partial charge is 0.220 e. The predicted molar refractivity (Wildman–Crippen MR) is 127 cm³/mol. The zero-order valence-corrected chi connectivity index (χ0v) is 18.6. The van der Waals surface area contributed by atoms with Gasteiger partial charge in [0.1, 0.15) is 18.1 Å². The zero-order valence-electron chi connectivity index (χ0n) is 17.9. The van der Waals surface area contributed by atoms with Gasteiger partial charge in [-0.15, -0.1) is 0 Å². The van der Waals surface area contributed by atoms with Crippen LogP contribution in [-0.4, -0.2) is 15.8 Å². The lowest BCUT2D eigenvalue weighted by Gasteiger charge is -2.13. The number of pyridine rings is 2. The molecule has 6 heteroatoms. The lowest BCUT2D eigenvalue weighted by atomic mass is 10.0. The maximum absolute atomic E-state index is 14.2. The van der Waals surface area contributed by atoms with Crippen molar-refractivity contribution in [1.82, 2.24) is 9.97 Å². The van der Waals surface area contributed by atoms with Crippen LogP contribution >= 0.6 is 11.6 Å². The van der Waals surface area contributed by atoms with Crippen molar-refractivity contribution in [3.63, 3.8) is 0 Å². The summed E-state index contributed by atoms with van der Waals surface area (Å²) in [6.45, 7) is 0.240. The van der Waals surface area contributed by atoms with Crippen LogP contribution in [0.25, 0.3) is 11.1 Å². The fraction of sp³-hybridized carbons (Fsp3) is 0.148. The second-order valence-electron chi connectivity index (χ2n) is 7.65. The van der Waals surface area contributed by atoms with Crippen molar-refractivity contribution in [2.24, 2.45) is 0 Å². The molecule has 0 spiro atoms. The van der Waals surface area contributed by atoms with Crippen molar-refractivity contribution in [2.45, 2.75) is 25.9 Å². The SMILES string of the molecule is O=C(CCc1cccnc1)Cc1ccc(OCc2ccc(Cl)cc2-c2cccnc2F)cc1. The highest BCUT2D eigenvalue weighted by atomic mass is 35.5. The van der Waals surface area contributed by atoms with Gasteiger partial charge in [0, 0.05) is 42.0 Å². The average Bonchev–Trinajstić information content (AvgIpc) is 2.84. The van der Waals surface area contributed by atoms with E-state index in [2.05, 4.69) is 9.97 Å². The lowest BCUT2D eigenvalue weighted by Crippen LogP contribution is -2.04. The molecule has 4 rings (SSSR count). The molecule has 0 bridgehead atoms. The number of nitrogens with zero attached hydrogens (tertiary/aromatic N) is 2. The normalized spacial score (nSPS) is 10.7. The van der Waals surface area contributed by atoms with Crippen LogP contribution in [0.3, 0.4) is 0 Å². The molecule has 33 heavy (non-hydrogen) atoms. The maximum atomic E-state index is 14.2. The molecule has 166 valence electrons. The van der Waals surface area contributed by atoms with E-state index < -0.39 is 5.95 Å². The van der Waals surface area contributed by atoms with Crippen molar-refractivity contribution >= 4 is 17.4 Å². The highest BCUT2D eigenvalue weighted by molar-refractivity contribution is 6.30. The van der Waals surface area contributed by atoms with E-state index in [1.54, 1.807) is 36.7 Å². The molecule has 0 atom stereocenters. The summed E-state index contributed by atoms with van der Waals surface area (Å²) in [6, 6.07) is 19.9. The van der Waals surface area contributed by atoms with Gasteiger partial charge in [0.2, 0.25) is 5.95 Å². The Labute approximate surface area is 197 Å². The fourth-order valence-corrected chi connectivity index (χ4v) is 3.69. The van der Waals surface area contributed by atoms with E-state index >= 15 is 0 Å². The first-order chi connectivity index (χ1) is 16.1. The molecule has 2 heterocycles. The van der Waals surface area contributed by atoms with Gasteiger partial charge in [0.25, 0.3) is 0 Å². The third-order valence-corrected chi connectivity index (χ3v) is 5.49. The summed E-state index contributed by atoms with van der Waals surface area (Å²) in [6.07, 6.45) is 6.46. The quantitative estimate of drug-likeness (QED) is 0.277. The van der Waals surface area contributed by atoms with E-state index in [1.807, 2.05) is 42.5 Å². The first-order valence-corrected chi connectivity index (χ1v) is 11.0. The van der Waals surface area contributed by atoms with Gasteiger partial charge in [-0.25, -0.2) is 4.98 Å². The third-order valence-electron chi connectivity index (χ3n) is 5.26. The number of carbonyl (C=O) groups is 1. The maximum Gasteiger partial charge on any atom is 0.220 e. The molecule has 0 saturated carbocycles. The fourth-order valence-electron chi connectivity index (χ4n) is 3.52. The number of halogens is 2. The second kappa shape index (κ2) is 10.8. The first kappa shape index (κ1) is 22.6. The van der Waals surface area contributed by atoms with Crippen molar-refractivity contribution in [2.75, 3.05) is 0 Å². The molecule has 0 N–H and O–H groups in total. The molecular weight excluding hydrogens is 439 g/mol. The molecule has 0 unspecified atom stereocenters. The molecule has 0 radical (unpaired) electrons. The molecule has 0 amide bonds. The number of ketones is 1. The topological polar surface area (TPSA) is 52.1 Å². The van der Waals surface area contributed by atoms with Gasteiger partial charge in [-0.3, -0.25) is 9.78 Å². The predicted octanol–water partition coefficient (Wildman–Crippen LogP) is 6.26. The number of ether oxygens (including phenoxy) is 1. The molecule has 0 aliphatic rings. The minimum Gasteiger partial charge on any atom is -0.489 e.